The number of hydrogen-bond donors (Lipinski definition) is 1. The highest BCUT2D eigenvalue weighted by Gasteiger charge is 2.35. The smallest absolute Gasteiger partial charge is 0.246 e. The van der Waals surface area contributed by atoms with Gasteiger partial charge in [-0.15, -0.1) is 0 Å². The van der Waals surface area contributed by atoms with Crippen molar-refractivity contribution < 1.29 is 13.2 Å². The van der Waals surface area contributed by atoms with Gasteiger partial charge in [0.15, 0.2) is 0 Å². The molecule has 2 aromatic rings. The Kier molecular flexibility index (Phi) is 6.13. The summed E-state index contributed by atoms with van der Waals surface area (Å²) in [5.41, 5.74) is 3.39. The van der Waals surface area contributed by atoms with Gasteiger partial charge in [0, 0.05) is 50.7 Å². The number of carbonyl (C=O) groups is 1. The van der Waals surface area contributed by atoms with Crippen LogP contribution in [-0.4, -0.2) is 51.3 Å². The maximum absolute atomic E-state index is 13.1. The van der Waals surface area contributed by atoms with E-state index < -0.39 is 10.0 Å². The number of nitrogens with one attached hydrogen (secondary N) is 1. The van der Waals surface area contributed by atoms with E-state index in [0.717, 1.165) is 17.0 Å². The summed E-state index contributed by atoms with van der Waals surface area (Å²) in [4.78, 5) is 13.0. The van der Waals surface area contributed by atoms with Crippen molar-refractivity contribution in [1.29, 1.82) is 0 Å². The predicted octanol–water partition coefficient (Wildman–Crippen LogP) is 1.28. The van der Waals surface area contributed by atoms with Crippen LogP contribution in [0.1, 0.15) is 42.4 Å². The van der Waals surface area contributed by atoms with Crippen LogP contribution in [0.2, 0.25) is 0 Å². The van der Waals surface area contributed by atoms with Gasteiger partial charge in [-0.1, -0.05) is 0 Å². The van der Waals surface area contributed by atoms with Crippen LogP contribution < -0.4 is 5.32 Å². The van der Waals surface area contributed by atoms with E-state index in [4.69, 9.17) is 0 Å². The largest absolute Gasteiger partial charge is 0.352 e. The zero-order valence-corrected chi connectivity index (χ0v) is 18.6. The van der Waals surface area contributed by atoms with E-state index in [1.54, 1.807) is 22.5 Å². The minimum atomic E-state index is -3.67. The first-order valence-electron chi connectivity index (χ1n) is 9.96. The third kappa shape index (κ3) is 4.23. The third-order valence-corrected chi connectivity index (χ3v) is 7.66. The molecule has 1 atom stereocenters. The van der Waals surface area contributed by atoms with Gasteiger partial charge in [0.2, 0.25) is 15.9 Å². The van der Waals surface area contributed by atoms with Gasteiger partial charge in [-0.25, -0.2) is 8.42 Å². The second-order valence-electron chi connectivity index (χ2n) is 7.63. The lowest BCUT2D eigenvalue weighted by Crippen LogP contribution is -2.45. The average Bonchev–Trinajstić information content (AvgIpc) is 3.19. The number of carbonyl (C=O) groups excluding carboxylic acids is 1. The lowest BCUT2D eigenvalue weighted by molar-refractivity contribution is -0.126. The molecule has 1 saturated heterocycles. The Hall–Kier alpha value is -2.20. The second-order valence-corrected chi connectivity index (χ2v) is 9.53. The van der Waals surface area contributed by atoms with Crippen LogP contribution >= 0.6 is 0 Å². The summed E-state index contributed by atoms with van der Waals surface area (Å²) >= 11 is 0. The molecule has 0 radical (unpaired) electrons. The Balaban J connectivity index is 1.69. The highest BCUT2D eigenvalue weighted by molar-refractivity contribution is 7.89. The molecule has 29 heavy (non-hydrogen) atoms. The Morgan fingerprint density at radius 1 is 1.24 bits per heavy atom. The van der Waals surface area contributed by atoms with E-state index in [0.29, 0.717) is 38.2 Å². The molecule has 0 saturated carbocycles. The van der Waals surface area contributed by atoms with E-state index in [1.165, 1.54) is 4.31 Å². The van der Waals surface area contributed by atoms with Gasteiger partial charge in [-0.05, 0) is 40.5 Å². The highest BCUT2D eigenvalue weighted by Crippen LogP contribution is 2.25. The zero-order chi connectivity index (χ0) is 21.3. The lowest BCUT2D eigenvalue weighted by Gasteiger charge is -2.31. The molecular formula is C19H30N6O3S. The van der Waals surface area contributed by atoms with Crippen molar-refractivity contribution in [3.63, 3.8) is 0 Å². The van der Waals surface area contributed by atoms with Gasteiger partial charge in [0.1, 0.15) is 4.90 Å². The predicted molar refractivity (Wildman–Crippen MR) is 109 cm³/mol. The van der Waals surface area contributed by atoms with Crippen molar-refractivity contribution in [3.05, 3.63) is 28.8 Å². The first kappa shape index (κ1) is 21.5. The van der Waals surface area contributed by atoms with Crippen molar-refractivity contribution in [3.8, 4) is 0 Å². The van der Waals surface area contributed by atoms with Crippen molar-refractivity contribution >= 4 is 15.9 Å². The minimum Gasteiger partial charge on any atom is -0.352 e. The number of amides is 1. The summed E-state index contributed by atoms with van der Waals surface area (Å²) in [6, 6.07) is 0. The van der Waals surface area contributed by atoms with Crippen LogP contribution in [0.4, 0.5) is 0 Å². The minimum absolute atomic E-state index is 0.117. The molecule has 9 nitrogen and oxygen atoms in total. The molecule has 0 bridgehead atoms. The molecule has 1 aliphatic heterocycles. The molecule has 1 unspecified atom stereocenters. The fourth-order valence-corrected chi connectivity index (χ4v) is 5.51. The van der Waals surface area contributed by atoms with Gasteiger partial charge in [-0.3, -0.25) is 14.2 Å². The summed E-state index contributed by atoms with van der Waals surface area (Å²) in [7, 11) is -1.79. The maximum atomic E-state index is 13.1. The third-order valence-electron chi connectivity index (χ3n) is 5.70. The first-order valence-corrected chi connectivity index (χ1v) is 11.4. The summed E-state index contributed by atoms with van der Waals surface area (Å²) < 4.78 is 31.1. The van der Waals surface area contributed by atoms with E-state index in [9.17, 15) is 13.2 Å². The highest BCUT2D eigenvalue weighted by atomic mass is 32.2. The molecule has 10 heteroatoms. The molecule has 3 rings (SSSR count). The fourth-order valence-electron chi connectivity index (χ4n) is 3.82. The molecule has 0 spiro atoms. The summed E-state index contributed by atoms with van der Waals surface area (Å²) in [6.07, 6.45) is 2.90. The van der Waals surface area contributed by atoms with Gasteiger partial charge in [-0.2, -0.15) is 14.5 Å². The summed E-state index contributed by atoms with van der Waals surface area (Å²) in [5, 5.41) is 11.6. The number of nitrogens with zero attached hydrogens (tertiary/aromatic N) is 5. The van der Waals surface area contributed by atoms with E-state index in [1.807, 2.05) is 27.8 Å². The van der Waals surface area contributed by atoms with Crippen molar-refractivity contribution in [2.24, 2.45) is 13.0 Å². The molecule has 160 valence electrons. The van der Waals surface area contributed by atoms with E-state index in [2.05, 4.69) is 15.5 Å². The molecule has 1 aliphatic rings. The lowest BCUT2D eigenvalue weighted by atomic mass is 9.98. The number of piperidine rings is 1. The van der Waals surface area contributed by atoms with Crippen molar-refractivity contribution in [2.45, 2.75) is 58.5 Å². The fraction of sp³-hybridized carbons (Fsp3) is 0.632. The Morgan fingerprint density at radius 2 is 1.97 bits per heavy atom. The quantitative estimate of drug-likeness (QED) is 0.755. The molecule has 3 heterocycles. The van der Waals surface area contributed by atoms with Crippen molar-refractivity contribution in [1.82, 2.24) is 29.2 Å². The van der Waals surface area contributed by atoms with Crippen LogP contribution in [0.5, 0.6) is 0 Å². The van der Waals surface area contributed by atoms with Crippen LogP contribution in [0.3, 0.4) is 0 Å². The topological polar surface area (TPSA) is 102 Å². The average molecular weight is 423 g/mol. The number of aromatic nitrogens is 4. The molecule has 1 N–H and O–H groups in total. The van der Waals surface area contributed by atoms with Gasteiger partial charge >= 0.3 is 0 Å². The Bertz CT molecular complexity index is 1010. The zero-order valence-electron chi connectivity index (χ0n) is 17.8. The van der Waals surface area contributed by atoms with Crippen molar-refractivity contribution in [2.75, 3.05) is 13.1 Å². The number of rotatable bonds is 6. The van der Waals surface area contributed by atoms with Crippen LogP contribution in [0.15, 0.2) is 11.1 Å². The molecule has 1 fully saturated rings. The van der Waals surface area contributed by atoms with Crippen LogP contribution in [-0.2, 0) is 35.0 Å². The molecule has 1 amide bonds. The molecular weight excluding hydrogens is 392 g/mol. The normalized spacial score (nSPS) is 18.2. The number of sulfonamides is 1. The Morgan fingerprint density at radius 3 is 2.55 bits per heavy atom. The van der Waals surface area contributed by atoms with E-state index in [-0.39, 0.29) is 23.3 Å². The van der Waals surface area contributed by atoms with Crippen LogP contribution in [0, 0.1) is 26.7 Å². The standard InChI is InChI=1S/C19H30N6O3S/c1-6-24-12-18(14(3)22-24)29(27,28)25-9-7-8-16(11-25)19(26)20-10-17-13(2)21-23(5)15(17)4/h12,16H,6-11H2,1-5H3,(H,20,26). The molecule has 0 aliphatic carbocycles. The van der Waals surface area contributed by atoms with Crippen LogP contribution in [0.25, 0.3) is 0 Å². The monoisotopic (exact) mass is 422 g/mol. The number of aryl methyl sites for hydroxylation is 4. The van der Waals surface area contributed by atoms with Gasteiger partial charge < -0.3 is 5.32 Å². The molecule has 2 aromatic heterocycles. The van der Waals surface area contributed by atoms with Gasteiger partial charge in [0.05, 0.1) is 17.3 Å². The first-order chi connectivity index (χ1) is 13.6. The van der Waals surface area contributed by atoms with Gasteiger partial charge in [0.25, 0.3) is 0 Å². The number of hydrogen-bond acceptors (Lipinski definition) is 5. The van der Waals surface area contributed by atoms with E-state index >= 15 is 0 Å². The Labute approximate surface area is 172 Å². The molecule has 0 aromatic carbocycles. The summed E-state index contributed by atoms with van der Waals surface area (Å²) in [6.45, 7) is 9.11. The summed E-state index contributed by atoms with van der Waals surface area (Å²) in [5.74, 6) is -0.481. The SMILES string of the molecule is CCn1cc(S(=O)(=O)N2CCCC(C(=O)NCc3c(C)nn(C)c3C)C2)c(C)n1. The second kappa shape index (κ2) is 8.27. The maximum Gasteiger partial charge on any atom is 0.246 e.